The Hall–Kier alpha value is -1.68. The van der Waals surface area contributed by atoms with Gasteiger partial charge in [0.2, 0.25) is 0 Å². The fraction of sp³-hybridized carbons (Fsp3) is 0.429. The molecule has 0 fully saturated rings. The molecule has 1 aliphatic rings. The molecule has 0 bridgehead atoms. The van der Waals surface area contributed by atoms with E-state index in [4.69, 9.17) is 0 Å². The third-order valence-corrected chi connectivity index (χ3v) is 3.52. The van der Waals surface area contributed by atoms with Gasteiger partial charge in [-0.25, -0.2) is 0 Å². The first-order chi connectivity index (χ1) is 8.77. The van der Waals surface area contributed by atoms with E-state index in [0.717, 1.165) is 18.8 Å². The van der Waals surface area contributed by atoms with E-state index >= 15 is 0 Å². The maximum atomic E-state index is 4.31. The van der Waals surface area contributed by atoms with Gasteiger partial charge in [-0.15, -0.1) is 10.2 Å². The quantitative estimate of drug-likeness (QED) is 0.877. The van der Waals surface area contributed by atoms with Gasteiger partial charge in [-0.2, -0.15) is 0 Å². The number of nitrogens with zero attached hydrogens (tertiary/aromatic N) is 3. The SMILES string of the molecule is CC(C)n1cnnc1C1NCCc2ccccc21. The molecule has 4 nitrogen and oxygen atoms in total. The highest BCUT2D eigenvalue weighted by atomic mass is 15.3. The van der Waals surface area contributed by atoms with E-state index in [-0.39, 0.29) is 6.04 Å². The van der Waals surface area contributed by atoms with Crippen LogP contribution in [0.25, 0.3) is 0 Å². The average molecular weight is 242 g/mol. The van der Waals surface area contributed by atoms with Crippen LogP contribution in [0.1, 0.15) is 42.9 Å². The maximum absolute atomic E-state index is 4.31. The highest BCUT2D eigenvalue weighted by molar-refractivity contribution is 5.35. The summed E-state index contributed by atoms with van der Waals surface area (Å²) < 4.78 is 2.14. The van der Waals surface area contributed by atoms with Crippen LogP contribution in [0.5, 0.6) is 0 Å². The Kier molecular flexibility index (Phi) is 2.88. The molecule has 1 aliphatic heterocycles. The van der Waals surface area contributed by atoms with Crippen LogP contribution in [-0.4, -0.2) is 21.3 Å². The van der Waals surface area contributed by atoms with Crippen LogP contribution in [0.4, 0.5) is 0 Å². The number of rotatable bonds is 2. The van der Waals surface area contributed by atoms with E-state index in [1.54, 1.807) is 0 Å². The fourth-order valence-corrected chi connectivity index (χ4v) is 2.59. The van der Waals surface area contributed by atoms with Crippen molar-refractivity contribution in [2.45, 2.75) is 32.4 Å². The zero-order valence-electron chi connectivity index (χ0n) is 10.8. The van der Waals surface area contributed by atoms with Gasteiger partial charge < -0.3 is 9.88 Å². The summed E-state index contributed by atoms with van der Waals surface area (Å²) in [6.45, 7) is 5.30. The zero-order chi connectivity index (χ0) is 12.5. The molecule has 0 spiro atoms. The highest BCUT2D eigenvalue weighted by Crippen LogP contribution is 2.28. The number of hydrogen-bond donors (Lipinski definition) is 1. The van der Waals surface area contributed by atoms with Gasteiger partial charge in [0.1, 0.15) is 6.33 Å². The molecule has 1 atom stereocenters. The van der Waals surface area contributed by atoms with Crippen molar-refractivity contribution >= 4 is 0 Å². The topological polar surface area (TPSA) is 42.7 Å². The molecule has 1 unspecified atom stereocenters. The third-order valence-electron chi connectivity index (χ3n) is 3.52. The van der Waals surface area contributed by atoms with Crippen molar-refractivity contribution in [3.63, 3.8) is 0 Å². The minimum Gasteiger partial charge on any atom is -0.313 e. The third kappa shape index (κ3) is 1.82. The number of nitrogens with one attached hydrogen (secondary N) is 1. The number of fused-ring (bicyclic) bond motifs is 1. The fourth-order valence-electron chi connectivity index (χ4n) is 2.59. The summed E-state index contributed by atoms with van der Waals surface area (Å²) in [5.74, 6) is 1.01. The van der Waals surface area contributed by atoms with Gasteiger partial charge in [-0.3, -0.25) is 0 Å². The summed E-state index contributed by atoms with van der Waals surface area (Å²) in [4.78, 5) is 0. The molecule has 4 heteroatoms. The standard InChI is InChI=1S/C14H18N4/c1-10(2)18-9-16-17-14(18)13-12-6-4-3-5-11(12)7-8-15-13/h3-6,9-10,13,15H,7-8H2,1-2H3. The lowest BCUT2D eigenvalue weighted by Crippen LogP contribution is -2.32. The summed E-state index contributed by atoms with van der Waals surface area (Å²) in [5.41, 5.74) is 2.75. The maximum Gasteiger partial charge on any atom is 0.154 e. The molecule has 18 heavy (non-hydrogen) atoms. The normalized spacial score (nSPS) is 18.9. The monoisotopic (exact) mass is 242 g/mol. The lowest BCUT2D eigenvalue weighted by atomic mass is 9.94. The summed E-state index contributed by atoms with van der Waals surface area (Å²) in [7, 11) is 0. The lowest BCUT2D eigenvalue weighted by Gasteiger charge is -2.27. The Morgan fingerprint density at radius 2 is 2.17 bits per heavy atom. The van der Waals surface area contributed by atoms with E-state index in [9.17, 15) is 0 Å². The van der Waals surface area contributed by atoms with Crippen molar-refractivity contribution in [1.29, 1.82) is 0 Å². The van der Waals surface area contributed by atoms with Crippen LogP contribution < -0.4 is 5.32 Å². The van der Waals surface area contributed by atoms with Crippen LogP contribution in [0.15, 0.2) is 30.6 Å². The van der Waals surface area contributed by atoms with Gasteiger partial charge in [-0.1, -0.05) is 24.3 Å². The van der Waals surface area contributed by atoms with Gasteiger partial charge >= 0.3 is 0 Å². The minimum absolute atomic E-state index is 0.167. The van der Waals surface area contributed by atoms with Crippen molar-refractivity contribution in [3.05, 3.63) is 47.5 Å². The molecule has 94 valence electrons. The zero-order valence-corrected chi connectivity index (χ0v) is 10.8. The summed E-state index contributed by atoms with van der Waals surface area (Å²) in [6.07, 6.45) is 2.90. The molecule has 0 radical (unpaired) electrons. The Morgan fingerprint density at radius 3 is 3.00 bits per heavy atom. The average Bonchev–Trinajstić information content (AvgIpc) is 2.87. The molecule has 1 N–H and O–H groups in total. The molecule has 1 aromatic heterocycles. The predicted octanol–water partition coefficient (Wildman–Crippen LogP) is 2.09. The van der Waals surface area contributed by atoms with Crippen LogP contribution in [-0.2, 0) is 6.42 Å². The Bertz CT molecular complexity index is 544. The van der Waals surface area contributed by atoms with Gasteiger partial charge in [0, 0.05) is 12.6 Å². The molecule has 3 rings (SSSR count). The molecule has 1 aromatic carbocycles. The largest absolute Gasteiger partial charge is 0.313 e. The molecule has 0 saturated carbocycles. The van der Waals surface area contributed by atoms with E-state index < -0.39 is 0 Å². The molecule has 2 aromatic rings. The minimum atomic E-state index is 0.167. The second kappa shape index (κ2) is 4.53. The Balaban J connectivity index is 2.06. The first-order valence-electron chi connectivity index (χ1n) is 6.48. The van der Waals surface area contributed by atoms with E-state index in [1.807, 2.05) is 6.33 Å². The molecular weight excluding hydrogens is 224 g/mol. The molecule has 0 amide bonds. The van der Waals surface area contributed by atoms with Crippen LogP contribution in [0.2, 0.25) is 0 Å². The van der Waals surface area contributed by atoms with Gasteiger partial charge in [0.15, 0.2) is 5.82 Å². The van der Waals surface area contributed by atoms with Crippen molar-refractivity contribution in [2.24, 2.45) is 0 Å². The summed E-state index contributed by atoms with van der Waals surface area (Å²) >= 11 is 0. The van der Waals surface area contributed by atoms with Crippen molar-refractivity contribution in [3.8, 4) is 0 Å². The predicted molar refractivity (Wildman–Crippen MR) is 70.4 cm³/mol. The second-order valence-corrected chi connectivity index (χ2v) is 5.03. The highest BCUT2D eigenvalue weighted by Gasteiger charge is 2.25. The first-order valence-corrected chi connectivity index (χ1v) is 6.48. The van der Waals surface area contributed by atoms with Crippen LogP contribution in [0.3, 0.4) is 0 Å². The van der Waals surface area contributed by atoms with Crippen LogP contribution in [0, 0.1) is 0 Å². The Morgan fingerprint density at radius 1 is 1.33 bits per heavy atom. The van der Waals surface area contributed by atoms with Crippen molar-refractivity contribution in [2.75, 3.05) is 6.54 Å². The van der Waals surface area contributed by atoms with Crippen molar-refractivity contribution in [1.82, 2.24) is 20.1 Å². The number of aromatic nitrogens is 3. The van der Waals surface area contributed by atoms with E-state index in [0.29, 0.717) is 6.04 Å². The number of hydrogen-bond acceptors (Lipinski definition) is 3. The van der Waals surface area contributed by atoms with Gasteiger partial charge in [0.25, 0.3) is 0 Å². The summed E-state index contributed by atoms with van der Waals surface area (Å²) in [6, 6.07) is 9.14. The number of benzene rings is 1. The molecule has 0 aliphatic carbocycles. The van der Waals surface area contributed by atoms with Crippen LogP contribution >= 0.6 is 0 Å². The smallest absolute Gasteiger partial charge is 0.154 e. The van der Waals surface area contributed by atoms with E-state index in [2.05, 4.69) is 58.2 Å². The summed E-state index contributed by atoms with van der Waals surface area (Å²) in [5, 5.41) is 11.9. The Labute approximate surface area is 107 Å². The van der Waals surface area contributed by atoms with Gasteiger partial charge in [0.05, 0.1) is 6.04 Å². The lowest BCUT2D eigenvalue weighted by molar-refractivity contribution is 0.487. The second-order valence-electron chi connectivity index (χ2n) is 5.03. The molecular formula is C14H18N4. The van der Waals surface area contributed by atoms with Crippen molar-refractivity contribution < 1.29 is 0 Å². The first kappa shape index (κ1) is 11.4. The molecule has 0 saturated heterocycles. The van der Waals surface area contributed by atoms with Gasteiger partial charge in [-0.05, 0) is 31.4 Å². The molecule has 2 heterocycles. The van der Waals surface area contributed by atoms with E-state index in [1.165, 1.54) is 11.1 Å².